The molecule has 0 aliphatic rings. The van der Waals surface area contributed by atoms with Gasteiger partial charge in [-0.25, -0.2) is 4.39 Å². The van der Waals surface area contributed by atoms with E-state index in [0.29, 0.717) is 12.2 Å². The Hall–Kier alpha value is -2.89. The lowest BCUT2D eigenvalue weighted by Gasteiger charge is -2.33. The van der Waals surface area contributed by atoms with Crippen LogP contribution in [0.3, 0.4) is 0 Å². The summed E-state index contributed by atoms with van der Waals surface area (Å²) < 4.78 is 19.3. The van der Waals surface area contributed by atoms with Gasteiger partial charge in [-0.3, -0.25) is 9.59 Å². The first-order valence-electron chi connectivity index (χ1n) is 11.1. The third-order valence-electron chi connectivity index (χ3n) is 5.04. The Morgan fingerprint density at radius 3 is 2.25 bits per heavy atom. The van der Waals surface area contributed by atoms with Gasteiger partial charge in [-0.1, -0.05) is 51.1 Å². The molecule has 0 saturated carbocycles. The van der Waals surface area contributed by atoms with Crippen molar-refractivity contribution in [3.05, 3.63) is 65.5 Å². The largest absolute Gasteiger partial charge is 0.483 e. The van der Waals surface area contributed by atoms with E-state index in [2.05, 4.69) is 19.2 Å². The molecule has 0 saturated heterocycles. The van der Waals surface area contributed by atoms with Crippen molar-refractivity contribution in [3.63, 3.8) is 0 Å². The average Bonchev–Trinajstić information content (AvgIpc) is 2.72. The summed E-state index contributed by atoms with van der Waals surface area (Å²) in [6, 6.07) is 12.9. The van der Waals surface area contributed by atoms with Crippen LogP contribution in [0.1, 0.15) is 65.0 Å². The lowest BCUT2D eigenvalue weighted by atomic mass is 10.0. The zero-order valence-electron chi connectivity index (χ0n) is 19.9. The molecule has 0 aromatic heterocycles. The summed E-state index contributed by atoms with van der Waals surface area (Å²) in [5.74, 6) is 0.0296. The van der Waals surface area contributed by atoms with Gasteiger partial charge in [0.25, 0.3) is 5.91 Å². The zero-order valence-corrected chi connectivity index (χ0v) is 19.9. The number of halogens is 1. The highest BCUT2D eigenvalue weighted by atomic mass is 19.1. The van der Waals surface area contributed by atoms with E-state index < -0.39 is 11.6 Å². The fraction of sp³-hybridized carbons (Fsp3) is 0.462. The van der Waals surface area contributed by atoms with Gasteiger partial charge in [0, 0.05) is 12.1 Å². The minimum Gasteiger partial charge on any atom is -0.483 e. The predicted molar refractivity (Wildman–Crippen MR) is 125 cm³/mol. The minimum atomic E-state index is -0.671. The highest BCUT2D eigenvalue weighted by molar-refractivity contribution is 5.88. The van der Waals surface area contributed by atoms with Crippen molar-refractivity contribution < 1.29 is 18.7 Å². The lowest BCUT2D eigenvalue weighted by Crippen LogP contribution is -2.54. The maximum atomic E-state index is 13.4. The number of hydrogen-bond acceptors (Lipinski definition) is 3. The molecule has 1 atom stereocenters. The molecule has 1 unspecified atom stereocenters. The Balaban J connectivity index is 2.27. The second kappa shape index (κ2) is 11.1. The normalized spacial score (nSPS) is 12.4. The SMILES string of the molecule is CCC(C(=O)NC(C)(C)C)N(Cc1ccc(F)cc1)C(=O)COc1ccccc1C(C)C. The number of para-hydroxylation sites is 1. The van der Waals surface area contributed by atoms with Crippen molar-refractivity contribution in [2.24, 2.45) is 0 Å². The van der Waals surface area contributed by atoms with E-state index in [-0.39, 0.29) is 36.7 Å². The molecule has 2 rings (SSSR count). The van der Waals surface area contributed by atoms with Gasteiger partial charge in [-0.15, -0.1) is 0 Å². The monoisotopic (exact) mass is 442 g/mol. The number of carbonyl (C=O) groups is 2. The smallest absolute Gasteiger partial charge is 0.261 e. The van der Waals surface area contributed by atoms with E-state index in [1.165, 1.54) is 17.0 Å². The van der Waals surface area contributed by atoms with E-state index in [1.807, 2.05) is 52.0 Å². The maximum Gasteiger partial charge on any atom is 0.261 e. The van der Waals surface area contributed by atoms with Crippen molar-refractivity contribution in [3.8, 4) is 5.75 Å². The molecule has 0 bridgehead atoms. The summed E-state index contributed by atoms with van der Waals surface area (Å²) >= 11 is 0. The Kier molecular flexibility index (Phi) is 8.81. The molecule has 0 aliphatic heterocycles. The number of nitrogens with zero attached hydrogens (tertiary/aromatic N) is 1. The quantitative estimate of drug-likeness (QED) is 0.591. The Morgan fingerprint density at radius 2 is 1.69 bits per heavy atom. The van der Waals surface area contributed by atoms with Gasteiger partial charge < -0.3 is 15.0 Å². The summed E-state index contributed by atoms with van der Waals surface area (Å²) in [5, 5.41) is 2.96. The van der Waals surface area contributed by atoms with Crippen LogP contribution in [0.5, 0.6) is 5.75 Å². The second-order valence-electron chi connectivity index (χ2n) is 9.29. The lowest BCUT2D eigenvalue weighted by molar-refractivity contribution is -0.143. The number of benzene rings is 2. The molecular weight excluding hydrogens is 407 g/mol. The topological polar surface area (TPSA) is 58.6 Å². The van der Waals surface area contributed by atoms with Crippen LogP contribution in [0.2, 0.25) is 0 Å². The molecule has 174 valence electrons. The van der Waals surface area contributed by atoms with E-state index in [4.69, 9.17) is 4.74 Å². The van der Waals surface area contributed by atoms with Gasteiger partial charge in [0.05, 0.1) is 0 Å². The van der Waals surface area contributed by atoms with E-state index in [1.54, 1.807) is 12.1 Å². The van der Waals surface area contributed by atoms with E-state index in [0.717, 1.165) is 11.1 Å². The van der Waals surface area contributed by atoms with Gasteiger partial charge >= 0.3 is 0 Å². The van der Waals surface area contributed by atoms with Gasteiger partial charge in [0.2, 0.25) is 5.91 Å². The zero-order chi connectivity index (χ0) is 23.9. The second-order valence-corrected chi connectivity index (χ2v) is 9.29. The molecule has 0 aliphatic carbocycles. The summed E-state index contributed by atoms with van der Waals surface area (Å²) in [6.45, 7) is 11.7. The third-order valence-corrected chi connectivity index (χ3v) is 5.04. The first-order valence-corrected chi connectivity index (χ1v) is 11.1. The molecule has 0 heterocycles. The van der Waals surface area contributed by atoms with Gasteiger partial charge in [0.1, 0.15) is 17.6 Å². The summed E-state index contributed by atoms with van der Waals surface area (Å²) in [6.07, 6.45) is 0.442. The van der Waals surface area contributed by atoms with Crippen molar-refractivity contribution in [1.29, 1.82) is 0 Å². The molecule has 2 aromatic carbocycles. The van der Waals surface area contributed by atoms with E-state index >= 15 is 0 Å². The Labute approximate surface area is 191 Å². The van der Waals surface area contributed by atoms with Crippen molar-refractivity contribution in [1.82, 2.24) is 10.2 Å². The molecular formula is C26H35FN2O3. The van der Waals surface area contributed by atoms with Crippen LogP contribution in [0.25, 0.3) is 0 Å². The fourth-order valence-electron chi connectivity index (χ4n) is 3.47. The Bertz CT molecular complexity index is 904. The summed E-state index contributed by atoms with van der Waals surface area (Å²) in [7, 11) is 0. The first kappa shape index (κ1) is 25.4. The molecule has 2 aromatic rings. The fourth-order valence-corrected chi connectivity index (χ4v) is 3.47. The van der Waals surface area contributed by atoms with Crippen LogP contribution in [0.15, 0.2) is 48.5 Å². The number of amides is 2. The molecule has 0 spiro atoms. The summed E-state index contributed by atoms with van der Waals surface area (Å²) in [4.78, 5) is 27.8. The van der Waals surface area contributed by atoms with Crippen LogP contribution in [0, 0.1) is 5.82 Å². The van der Waals surface area contributed by atoms with Crippen LogP contribution in [-0.4, -0.2) is 34.9 Å². The predicted octanol–water partition coefficient (Wildman–Crippen LogP) is 5.05. The number of hydrogen-bond donors (Lipinski definition) is 1. The first-order chi connectivity index (χ1) is 15.0. The summed E-state index contributed by atoms with van der Waals surface area (Å²) in [5.41, 5.74) is 1.33. The third kappa shape index (κ3) is 7.36. The van der Waals surface area contributed by atoms with Crippen molar-refractivity contribution >= 4 is 11.8 Å². The number of nitrogens with one attached hydrogen (secondary N) is 1. The van der Waals surface area contributed by atoms with Crippen LogP contribution < -0.4 is 10.1 Å². The van der Waals surface area contributed by atoms with Gasteiger partial charge in [-0.05, 0) is 62.4 Å². The standard InChI is InChI=1S/C26H35FN2O3/c1-7-22(25(31)28-26(4,5)6)29(16-19-12-14-20(27)15-13-19)24(30)17-32-23-11-9-8-10-21(23)18(2)3/h8-15,18,22H,7,16-17H2,1-6H3,(H,28,31). The average molecular weight is 443 g/mol. The van der Waals surface area contributed by atoms with Crippen LogP contribution in [0.4, 0.5) is 4.39 Å². The Morgan fingerprint density at radius 1 is 1.06 bits per heavy atom. The van der Waals surface area contributed by atoms with Gasteiger partial charge in [0.15, 0.2) is 6.61 Å². The number of ether oxygens (including phenoxy) is 1. The number of rotatable bonds is 9. The van der Waals surface area contributed by atoms with E-state index in [9.17, 15) is 14.0 Å². The van der Waals surface area contributed by atoms with Crippen LogP contribution >= 0.6 is 0 Å². The minimum absolute atomic E-state index is 0.185. The van der Waals surface area contributed by atoms with Crippen molar-refractivity contribution in [2.75, 3.05) is 6.61 Å². The highest BCUT2D eigenvalue weighted by Crippen LogP contribution is 2.26. The molecule has 6 heteroatoms. The number of carbonyl (C=O) groups excluding carboxylic acids is 2. The molecule has 0 fully saturated rings. The molecule has 5 nitrogen and oxygen atoms in total. The van der Waals surface area contributed by atoms with Crippen LogP contribution in [-0.2, 0) is 16.1 Å². The highest BCUT2D eigenvalue weighted by Gasteiger charge is 2.31. The molecule has 2 amide bonds. The molecule has 0 radical (unpaired) electrons. The maximum absolute atomic E-state index is 13.4. The molecule has 32 heavy (non-hydrogen) atoms. The van der Waals surface area contributed by atoms with Crippen molar-refractivity contribution in [2.45, 2.75) is 72.0 Å². The molecule has 1 N–H and O–H groups in total. The van der Waals surface area contributed by atoms with Gasteiger partial charge in [-0.2, -0.15) is 0 Å².